The zero-order valence-electron chi connectivity index (χ0n) is 11.0. The van der Waals surface area contributed by atoms with Gasteiger partial charge in [-0.05, 0) is 24.1 Å². The molecule has 5 nitrogen and oxygen atoms in total. The van der Waals surface area contributed by atoms with E-state index in [4.69, 9.17) is 21.4 Å². The molecule has 1 heterocycles. The number of carboxylic acid groups (broad SMARTS) is 1. The van der Waals surface area contributed by atoms with E-state index >= 15 is 0 Å². The van der Waals surface area contributed by atoms with E-state index in [1.54, 1.807) is 18.0 Å². The second-order valence-corrected chi connectivity index (χ2v) is 4.80. The maximum absolute atomic E-state index is 10.6. The third kappa shape index (κ3) is 3.51. The standard InChI is InChI=1S/C14H15ClN2O3/c1-20-14-11(5-6-13(18)19)8-16-17(14)9-10-3-2-4-12(15)7-10/h2-4,7-8H,5-6,9H2,1H3,(H,18,19). The van der Waals surface area contributed by atoms with Gasteiger partial charge in [-0.3, -0.25) is 4.79 Å². The summed E-state index contributed by atoms with van der Waals surface area (Å²) in [5.74, 6) is -0.249. The summed E-state index contributed by atoms with van der Waals surface area (Å²) in [5.41, 5.74) is 1.79. The number of aliphatic carboxylic acids is 1. The predicted molar refractivity (Wildman–Crippen MR) is 75.3 cm³/mol. The number of benzene rings is 1. The zero-order valence-corrected chi connectivity index (χ0v) is 11.8. The van der Waals surface area contributed by atoms with Crippen molar-refractivity contribution < 1.29 is 14.6 Å². The topological polar surface area (TPSA) is 64.3 Å². The van der Waals surface area contributed by atoms with Crippen molar-refractivity contribution in [3.8, 4) is 5.88 Å². The van der Waals surface area contributed by atoms with Crippen LogP contribution in [0.3, 0.4) is 0 Å². The minimum absolute atomic E-state index is 0.0548. The van der Waals surface area contributed by atoms with Crippen LogP contribution in [0.4, 0.5) is 0 Å². The van der Waals surface area contributed by atoms with Crippen LogP contribution in [0.5, 0.6) is 5.88 Å². The molecule has 0 aliphatic rings. The van der Waals surface area contributed by atoms with Gasteiger partial charge in [0.1, 0.15) is 0 Å². The lowest BCUT2D eigenvalue weighted by Gasteiger charge is -2.08. The first-order valence-corrected chi connectivity index (χ1v) is 6.53. The fourth-order valence-electron chi connectivity index (χ4n) is 1.98. The summed E-state index contributed by atoms with van der Waals surface area (Å²) < 4.78 is 7.02. The summed E-state index contributed by atoms with van der Waals surface area (Å²) in [5, 5.41) is 13.6. The maximum atomic E-state index is 10.6. The van der Waals surface area contributed by atoms with E-state index in [9.17, 15) is 4.79 Å². The highest BCUT2D eigenvalue weighted by molar-refractivity contribution is 6.30. The Bertz CT molecular complexity index is 610. The van der Waals surface area contributed by atoms with Crippen molar-refractivity contribution in [2.75, 3.05) is 7.11 Å². The van der Waals surface area contributed by atoms with Crippen molar-refractivity contribution in [2.24, 2.45) is 0 Å². The molecule has 0 atom stereocenters. The molecule has 0 saturated heterocycles. The van der Waals surface area contributed by atoms with Crippen LogP contribution in [0.15, 0.2) is 30.5 Å². The van der Waals surface area contributed by atoms with Crippen molar-refractivity contribution in [1.82, 2.24) is 9.78 Å². The summed E-state index contributed by atoms with van der Waals surface area (Å²) >= 11 is 5.95. The third-order valence-corrected chi connectivity index (χ3v) is 3.12. The normalized spacial score (nSPS) is 10.5. The fraction of sp³-hybridized carbons (Fsp3) is 0.286. The van der Waals surface area contributed by atoms with Gasteiger partial charge in [-0.2, -0.15) is 5.10 Å². The number of methoxy groups -OCH3 is 1. The van der Waals surface area contributed by atoms with Gasteiger partial charge in [0.2, 0.25) is 5.88 Å². The van der Waals surface area contributed by atoms with Gasteiger partial charge in [0.05, 0.1) is 19.9 Å². The molecule has 0 aliphatic heterocycles. The molecule has 2 aromatic rings. The van der Waals surface area contributed by atoms with Gasteiger partial charge in [-0.15, -0.1) is 0 Å². The minimum Gasteiger partial charge on any atom is -0.481 e. The van der Waals surface area contributed by atoms with Crippen molar-refractivity contribution in [1.29, 1.82) is 0 Å². The average molecular weight is 295 g/mol. The van der Waals surface area contributed by atoms with Gasteiger partial charge in [0.25, 0.3) is 0 Å². The lowest BCUT2D eigenvalue weighted by atomic mass is 10.2. The number of aromatic nitrogens is 2. The van der Waals surface area contributed by atoms with Gasteiger partial charge < -0.3 is 9.84 Å². The molecule has 20 heavy (non-hydrogen) atoms. The van der Waals surface area contributed by atoms with E-state index < -0.39 is 5.97 Å². The molecule has 0 spiro atoms. The molecule has 0 radical (unpaired) electrons. The lowest BCUT2D eigenvalue weighted by Crippen LogP contribution is -2.05. The smallest absolute Gasteiger partial charge is 0.303 e. The predicted octanol–water partition coefficient (Wildman–Crippen LogP) is 2.61. The molecule has 1 aromatic heterocycles. The summed E-state index contributed by atoms with van der Waals surface area (Å²) in [6, 6.07) is 7.49. The zero-order chi connectivity index (χ0) is 14.5. The molecule has 6 heteroatoms. The first-order chi connectivity index (χ1) is 9.60. The third-order valence-electron chi connectivity index (χ3n) is 2.89. The number of nitrogens with zero attached hydrogens (tertiary/aromatic N) is 2. The van der Waals surface area contributed by atoms with Crippen molar-refractivity contribution in [3.63, 3.8) is 0 Å². The second-order valence-electron chi connectivity index (χ2n) is 4.36. The Hall–Kier alpha value is -2.01. The molecular weight excluding hydrogens is 280 g/mol. The summed E-state index contributed by atoms with van der Waals surface area (Å²) in [6.07, 6.45) is 2.10. The van der Waals surface area contributed by atoms with E-state index in [1.165, 1.54) is 0 Å². The van der Waals surface area contributed by atoms with Crippen molar-refractivity contribution >= 4 is 17.6 Å². The molecule has 106 valence electrons. The molecule has 0 aliphatic carbocycles. The van der Waals surface area contributed by atoms with E-state index in [-0.39, 0.29) is 6.42 Å². The molecular formula is C14H15ClN2O3. The first-order valence-electron chi connectivity index (χ1n) is 6.15. The Labute approximate surface area is 121 Å². The number of hydrogen-bond donors (Lipinski definition) is 1. The number of aryl methyl sites for hydroxylation is 1. The van der Waals surface area contributed by atoms with Crippen LogP contribution in [-0.4, -0.2) is 28.0 Å². The number of halogens is 1. The summed E-state index contributed by atoms with van der Waals surface area (Å²) in [4.78, 5) is 10.6. The van der Waals surface area contributed by atoms with E-state index in [0.717, 1.165) is 11.1 Å². The fourth-order valence-corrected chi connectivity index (χ4v) is 2.20. The molecule has 0 saturated carbocycles. The van der Waals surface area contributed by atoms with Crippen LogP contribution in [0.25, 0.3) is 0 Å². The van der Waals surface area contributed by atoms with Gasteiger partial charge in [-0.25, -0.2) is 4.68 Å². The van der Waals surface area contributed by atoms with Crippen LogP contribution >= 0.6 is 11.6 Å². The largest absolute Gasteiger partial charge is 0.481 e. The highest BCUT2D eigenvalue weighted by atomic mass is 35.5. The highest BCUT2D eigenvalue weighted by Crippen LogP contribution is 2.21. The van der Waals surface area contributed by atoms with Crippen LogP contribution < -0.4 is 4.74 Å². The van der Waals surface area contributed by atoms with E-state index in [1.807, 2.05) is 24.3 Å². The van der Waals surface area contributed by atoms with Crippen LogP contribution in [-0.2, 0) is 17.8 Å². The highest BCUT2D eigenvalue weighted by Gasteiger charge is 2.13. The van der Waals surface area contributed by atoms with Crippen molar-refractivity contribution in [2.45, 2.75) is 19.4 Å². The Morgan fingerprint density at radius 2 is 2.30 bits per heavy atom. The lowest BCUT2D eigenvalue weighted by molar-refractivity contribution is -0.136. The first kappa shape index (κ1) is 14.4. The average Bonchev–Trinajstić information content (AvgIpc) is 2.78. The maximum Gasteiger partial charge on any atom is 0.303 e. The van der Waals surface area contributed by atoms with Gasteiger partial charge in [0, 0.05) is 17.0 Å². The van der Waals surface area contributed by atoms with Gasteiger partial charge in [0.15, 0.2) is 0 Å². The Morgan fingerprint density at radius 1 is 1.50 bits per heavy atom. The van der Waals surface area contributed by atoms with E-state index in [2.05, 4.69) is 5.10 Å². The molecule has 2 rings (SSSR count). The minimum atomic E-state index is -0.838. The Morgan fingerprint density at radius 3 is 2.95 bits per heavy atom. The molecule has 1 aromatic carbocycles. The molecule has 0 amide bonds. The number of hydrogen-bond acceptors (Lipinski definition) is 3. The van der Waals surface area contributed by atoms with Crippen molar-refractivity contribution in [3.05, 3.63) is 46.6 Å². The van der Waals surface area contributed by atoms with E-state index in [0.29, 0.717) is 23.9 Å². The molecule has 0 bridgehead atoms. The SMILES string of the molecule is COc1c(CCC(=O)O)cnn1Cc1cccc(Cl)c1. The Balaban J connectivity index is 2.17. The van der Waals surface area contributed by atoms with Gasteiger partial charge >= 0.3 is 5.97 Å². The summed E-state index contributed by atoms with van der Waals surface area (Å²) in [7, 11) is 1.55. The number of ether oxygens (including phenoxy) is 1. The molecule has 0 unspecified atom stereocenters. The quantitative estimate of drug-likeness (QED) is 0.889. The van der Waals surface area contributed by atoms with Crippen LogP contribution in [0.1, 0.15) is 17.5 Å². The number of carboxylic acids is 1. The number of rotatable bonds is 6. The van der Waals surface area contributed by atoms with Crippen LogP contribution in [0.2, 0.25) is 5.02 Å². The van der Waals surface area contributed by atoms with Crippen LogP contribution in [0, 0.1) is 0 Å². The number of carbonyl (C=O) groups is 1. The molecule has 0 fully saturated rings. The monoisotopic (exact) mass is 294 g/mol. The second kappa shape index (κ2) is 6.43. The van der Waals surface area contributed by atoms with Gasteiger partial charge in [-0.1, -0.05) is 23.7 Å². The Kier molecular flexibility index (Phi) is 4.63. The molecule has 1 N–H and O–H groups in total. The summed E-state index contributed by atoms with van der Waals surface area (Å²) in [6.45, 7) is 0.525.